The molecule has 0 rings (SSSR count). The van der Waals surface area contributed by atoms with Crippen molar-refractivity contribution in [3.05, 3.63) is 11.6 Å². The monoisotopic (exact) mass is 376 g/mol. The van der Waals surface area contributed by atoms with Gasteiger partial charge in [0, 0.05) is 0 Å². The number of rotatable bonds is 15. The van der Waals surface area contributed by atoms with Gasteiger partial charge in [0.25, 0.3) is 0 Å². The van der Waals surface area contributed by atoms with Gasteiger partial charge in [0.1, 0.15) is 0 Å². The summed E-state index contributed by atoms with van der Waals surface area (Å²) < 4.78 is 15.0. The lowest BCUT2D eigenvalue weighted by Gasteiger charge is -2.15. The molecule has 0 aromatic rings. The standard InChI is InChI=1S/C20H41O4P/c1-17(2)9-6-10-18(3)11-7-12-19(4)13-8-14-20(5)15-16-24-25(21,22)23/h15,17-19H,6-14,16H2,1-5H3,(H2,21,22,23)/b20-15+/t18-,19-/m1/s1. The van der Waals surface area contributed by atoms with Crippen molar-refractivity contribution < 1.29 is 18.9 Å². The van der Waals surface area contributed by atoms with Crippen molar-refractivity contribution in [2.45, 2.75) is 92.4 Å². The van der Waals surface area contributed by atoms with Crippen LogP contribution in [-0.2, 0) is 9.09 Å². The van der Waals surface area contributed by atoms with Crippen LogP contribution in [0.25, 0.3) is 0 Å². The Morgan fingerprint density at radius 2 is 1.40 bits per heavy atom. The second-order valence-corrected chi connectivity index (χ2v) is 9.43. The predicted molar refractivity (Wildman–Crippen MR) is 106 cm³/mol. The fraction of sp³-hybridized carbons (Fsp3) is 0.900. The van der Waals surface area contributed by atoms with E-state index in [0.717, 1.165) is 36.2 Å². The molecule has 0 radical (unpaired) electrons. The molecule has 0 amide bonds. The van der Waals surface area contributed by atoms with E-state index in [1.807, 2.05) is 6.92 Å². The average Bonchev–Trinajstić information content (AvgIpc) is 2.45. The van der Waals surface area contributed by atoms with E-state index in [9.17, 15) is 4.57 Å². The van der Waals surface area contributed by atoms with Crippen LogP contribution < -0.4 is 0 Å². The van der Waals surface area contributed by atoms with Crippen molar-refractivity contribution >= 4 is 7.82 Å². The molecule has 0 aliphatic heterocycles. The first kappa shape index (κ1) is 24.8. The minimum absolute atomic E-state index is 0.0135. The van der Waals surface area contributed by atoms with Crippen LogP contribution in [0, 0.1) is 17.8 Å². The maximum atomic E-state index is 10.6. The van der Waals surface area contributed by atoms with E-state index < -0.39 is 7.82 Å². The Kier molecular flexibility index (Phi) is 13.9. The van der Waals surface area contributed by atoms with Gasteiger partial charge in [0.05, 0.1) is 6.61 Å². The largest absolute Gasteiger partial charge is 0.469 e. The molecule has 0 aromatic heterocycles. The van der Waals surface area contributed by atoms with Gasteiger partial charge in [-0.05, 0) is 37.5 Å². The minimum atomic E-state index is -4.34. The fourth-order valence-corrected chi connectivity index (χ4v) is 3.35. The van der Waals surface area contributed by atoms with Crippen molar-refractivity contribution in [1.82, 2.24) is 0 Å². The van der Waals surface area contributed by atoms with Crippen LogP contribution in [0.5, 0.6) is 0 Å². The van der Waals surface area contributed by atoms with Crippen LogP contribution in [-0.4, -0.2) is 16.4 Å². The Morgan fingerprint density at radius 1 is 0.920 bits per heavy atom. The summed E-state index contributed by atoms with van der Waals surface area (Å²) in [5.74, 6) is 2.43. The van der Waals surface area contributed by atoms with Gasteiger partial charge in [0.2, 0.25) is 0 Å². The number of hydrogen-bond acceptors (Lipinski definition) is 2. The second-order valence-electron chi connectivity index (χ2n) is 8.20. The molecule has 0 saturated carbocycles. The smallest absolute Gasteiger partial charge is 0.303 e. The van der Waals surface area contributed by atoms with Crippen LogP contribution in [0.2, 0.25) is 0 Å². The maximum absolute atomic E-state index is 10.6. The van der Waals surface area contributed by atoms with E-state index in [2.05, 4.69) is 32.2 Å². The molecule has 0 aliphatic carbocycles. The molecular formula is C20H41O4P. The number of allylic oxidation sites excluding steroid dienone is 1. The summed E-state index contributed by atoms with van der Waals surface area (Å²) in [6.45, 7) is 11.3. The third-order valence-electron chi connectivity index (χ3n) is 4.81. The highest BCUT2D eigenvalue weighted by atomic mass is 31.2. The maximum Gasteiger partial charge on any atom is 0.469 e. The highest BCUT2D eigenvalue weighted by Crippen LogP contribution is 2.35. The molecule has 150 valence electrons. The zero-order valence-corrected chi connectivity index (χ0v) is 17.9. The summed E-state index contributed by atoms with van der Waals surface area (Å²) in [7, 11) is -4.34. The van der Waals surface area contributed by atoms with E-state index in [1.54, 1.807) is 6.08 Å². The molecule has 0 saturated heterocycles. The van der Waals surface area contributed by atoms with Gasteiger partial charge in [-0.3, -0.25) is 4.52 Å². The van der Waals surface area contributed by atoms with Crippen molar-refractivity contribution in [3.63, 3.8) is 0 Å². The third kappa shape index (κ3) is 18.4. The summed E-state index contributed by atoms with van der Waals surface area (Å²) >= 11 is 0. The molecule has 0 fully saturated rings. The molecule has 2 atom stereocenters. The zero-order valence-electron chi connectivity index (χ0n) is 17.0. The van der Waals surface area contributed by atoms with Gasteiger partial charge in [0.15, 0.2) is 0 Å². The van der Waals surface area contributed by atoms with E-state index in [4.69, 9.17) is 9.79 Å². The van der Waals surface area contributed by atoms with Crippen LogP contribution in [0.3, 0.4) is 0 Å². The molecular weight excluding hydrogens is 335 g/mol. The van der Waals surface area contributed by atoms with E-state index in [1.165, 1.54) is 44.9 Å². The molecule has 0 bridgehead atoms. The SMILES string of the molecule is C/C(=C\COP(=O)(O)O)CCC[C@H](C)CCC[C@H](C)CCCC(C)C. The molecule has 0 heterocycles. The number of phosphoric ester groups is 1. The number of phosphoric acid groups is 1. The van der Waals surface area contributed by atoms with E-state index >= 15 is 0 Å². The van der Waals surface area contributed by atoms with E-state index in [0.29, 0.717) is 0 Å². The van der Waals surface area contributed by atoms with Crippen molar-refractivity contribution in [3.8, 4) is 0 Å². The molecule has 5 heteroatoms. The van der Waals surface area contributed by atoms with Gasteiger partial charge in [-0.1, -0.05) is 84.3 Å². The van der Waals surface area contributed by atoms with E-state index in [-0.39, 0.29) is 6.61 Å². The summed E-state index contributed by atoms with van der Waals surface area (Å²) in [5.41, 5.74) is 1.14. The lowest BCUT2D eigenvalue weighted by Crippen LogP contribution is -2.00. The molecule has 4 nitrogen and oxygen atoms in total. The zero-order chi connectivity index (χ0) is 19.3. The van der Waals surface area contributed by atoms with Gasteiger partial charge in [-0.25, -0.2) is 4.57 Å². The minimum Gasteiger partial charge on any atom is -0.303 e. The van der Waals surface area contributed by atoms with Crippen molar-refractivity contribution in [1.29, 1.82) is 0 Å². The topological polar surface area (TPSA) is 66.8 Å². The van der Waals surface area contributed by atoms with Crippen LogP contribution >= 0.6 is 7.82 Å². The van der Waals surface area contributed by atoms with Gasteiger partial charge < -0.3 is 9.79 Å². The van der Waals surface area contributed by atoms with Gasteiger partial charge in [-0.2, -0.15) is 0 Å². The van der Waals surface area contributed by atoms with Crippen molar-refractivity contribution in [2.75, 3.05) is 6.61 Å². The Morgan fingerprint density at radius 3 is 1.88 bits per heavy atom. The first-order valence-corrected chi connectivity index (χ1v) is 11.5. The van der Waals surface area contributed by atoms with Crippen LogP contribution in [0.1, 0.15) is 92.4 Å². The third-order valence-corrected chi connectivity index (χ3v) is 5.30. The average molecular weight is 377 g/mol. The van der Waals surface area contributed by atoms with Gasteiger partial charge >= 0.3 is 7.82 Å². The summed E-state index contributed by atoms with van der Waals surface area (Å²) in [4.78, 5) is 17.3. The normalized spacial score (nSPS) is 15.6. The molecule has 0 aliphatic rings. The first-order valence-electron chi connectivity index (χ1n) is 9.95. The molecule has 25 heavy (non-hydrogen) atoms. The summed E-state index contributed by atoms with van der Waals surface area (Å²) in [6.07, 6.45) is 13.2. The van der Waals surface area contributed by atoms with Gasteiger partial charge in [-0.15, -0.1) is 0 Å². The molecule has 0 aromatic carbocycles. The first-order chi connectivity index (χ1) is 11.6. The van der Waals surface area contributed by atoms with Crippen LogP contribution in [0.4, 0.5) is 0 Å². The summed E-state index contributed by atoms with van der Waals surface area (Å²) in [5, 5.41) is 0. The van der Waals surface area contributed by atoms with Crippen LogP contribution in [0.15, 0.2) is 11.6 Å². The van der Waals surface area contributed by atoms with Crippen molar-refractivity contribution in [2.24, 2.45) is 17.8 Å². The predicted octanol–water partition coefficient (Wildman–Crippen LogP) is 6.48. The Hall–Kier alpha value is -0.150. The highest BCUT2D eigenvalue weighted by molar-refractivity contribution is 7.46. The number of hydrogen-bond donors (Lipinski definition) is 2. The lowest BCUT2D eigenvalue weighted by atomic mass is 9.91. The second kappa shape index (κ2) is 14.0. The molecule has 0 spiro atoms. The Labute approximate surface area is 155 Å². The summed E-state index contributed by atoms with van der Waals surface area (Å²) in [6, 6.07) is 0. The Balaban J connectivity index is 3.68. The quantitative estimate of drug-likeness (QED) is 0.253. The highest BCUT2D eigenvalue weighted by Gasteiger charge is 2.11. The molecule has 2 N–H and O–H groups in total. The molecule has 0 unspecified atom stereocenters. The fourth-order valence-electron chi connectivity index (χ4n) is 3.09. The Bertz CT molecular complexity index is 401. The lowest BCUT2D eigenvalue weighted by molar-refractivity contribution is 0.215.